The van der Waals surface area contributed by atoms with Crippen LogP contribution in [-0.2, 0) is 16.0 Å². The number of hydrogen-bond acceptors (Lipinski definition) is 4. The van der Waals surface area contributed by atoms with Crippen LogP contribution in [0.1, 0.15) is 17.5 Å². The zero-order valence-electron chi connectivity index (χ0n) is 15.1. The molecular weight excluding hydrogens is 396 g/mol. The molecule has 2 aromatic carbocycles. The van der Waals surface area contributed by atoms with Crippen LogP contribution in [0.2, 0.25) is 5.02 Å². The highest BCUT2D eigenvalue weighted by Crippen LogP contribution is 2.31. The van der Waals surface area contributed by atoms with Gasteiger partial charge in [-0.1, -0.05) is 60.1 Å². The second-order valence-electron chi connectivity index (χ2n) is 6.19. The molecule has 5 nitrogen and oxygen atoms in total. The standard InChI is InChI=1S/C21H19ClN2O3S/c22-17-9-5-4-8-16(17)10-11-19(25)23-12-13-24-20(26)18(28-21(24)27)14-15-6-2-1-3-7-15/h1-9,14H,10-13H2,(H,23,25)/b18-14-. The zero-order chi connectivity index (χ0) is 19.9. The fourth-order valence-electron chi connectivity index (χ4n) is 2.74. The van der Waals surface area contributed by atoms with Gasteiger partial charge in [-0.3, -0.25) is 19.3 Å². The third kappa shape index (κ3) is 5.24. The Hall–Kier alpha value is -2.57. The van der Waals surface area contributed by atoms with E-state index in [4.69, 9.17) is 11.6 Å². The van der Waals surface area contributed by atoms with Gasteiger partial charge < -0.3 is 5.32 Å². The molecule has 1 aliphatic rings. The first kappa shape index (κ1) is 20.2. The van der Waals surface area contributed by atoms with Crippen molar-refractivity contribution in [2.45, 2.75) is 12.8 Å². The molecule has 3 rings (SSSR count). The first-order valence-corrected chi connectivity index (χ1v) is 10.0. The monoisotopic (exact) mass is 414 g/mol. The Balaban J connectivity index is 1.47. The van der Waals surface area contributed by atoms with Gasteiger partial charge in [-0.15, -0.1) is 0 Å². The van der Waals surface area contributed by atoms with Gasteiger partial charge in [-0.2, -0.15) is 0 Å². The summed E-state index contributed by atoms with van der Waals surface area (Å²) in [5.41, 5.74) is 1.78. The zero-order valence-corrected chi connectivity index (χ0v) is 16.6. The topological polar surface area (TPSA) is 66.5 Å². The summed E-state index contributed by atoms with van der Waals surface area (Å²) in [6, 6.07) is 16.8. The Morgan fingerprint density at radius 2 is 1.79 bits per heavy atom. The van der Waals surface area contributed by atoms with Crippen LogP contribution in [0.5, 0.6) is 0 Å². The van der Waals surface area contributed by atoms with Crippen LogP contribution in [0.25, 0.3) is 6.08 Å². The van der Waals surface area contributed by atoms with E-state index in [0.29, 0.717) is 22.8 Å². The van der Waals surface area contributed by atoms with Gasteiger partial charge in [0.1, 0.15) is 0 Å². The molecule has 0 unspecified atom stereocenters. The van der Waals surface area contributed by atoms with E-state index in [1.807, 2.05) is 48.5 Å². The summed E-state index contributed by atoms with van der Waals surface area (Å²) in [6.07, 6.45) is 2.53. The number of carbonyl (C=O) groups excluding carboxylic acids is 3. The molecular formula is C21H19ClN2O3S. The van der Waals surface area contributed by atoms with Crippen molar-refractivity contribution < 1.29 is 14.4 Å². The van der Waals surface area contributed by atoms with Gasteiger partial charge >= 0.3 is 0 Å². The molecule has 0 atom stereocenters. The normalized spacial score (nSPS) is 15.3. The van der Waals surface area contributed by atoms with Crippen molar-refractivity contribution in [3.63, 3.8) is 0 Å². The molecule has 144 valence electrons. The molecule has 0 aromatic heterocycles. The predicted octanol–water partition coefficient (Wildman–Crippen LogP) is 4.13. The van der Waals surface area contributed by atoms with Gasteiger partial charge in [0.15, 0.2) is 0 Å². The number of carbonyl (C=O) groups is 3. The van der Waals surface area contributed by atoms with Gasteiger partial charge in [0.2, 0.25) is 5.91 Å². The van der Waals surface area contributed by atoms with Crippen LogP contribution in [0.15, 0.2) is 59.5 Å². The molecule has 0 aliphatic carbocycles. The van der Waals surface area contributed by atoms with Gasteiger partial charge in [-0.25, -0.2) is 0 Å². The molecule has 0 bridgehead atoms. The molecule has 7 heteroatoms. The Morgan fingerprint density at radius 1 is 1.07 bits per heavy atom. The molecule has 0 saturated carbocycles. The summed E-state index contributed by atoms with van der Waals surface area (Å²) >= 11 is 7.00. The Morgan fingerprint density at radius 3 is 2.54 bits per heavy atom. The molecule has 2 aromatic rings. The number of nitrogens with zero attached hydrogens (tertiary/aromatic N) is 1. The van der Waals surface area contributed by atoms with E-state index in [1.54, 1.807) is 12.1 Å². The van der Waals surface area contributed by atoms with Crippen LogP contribution < -0.4 is 5.32 Å². The van der Waals surface area contributed by atoms with Gasteiger partial charge in [0.05, 0.1) is 4.91 Å². The summed E-state index contributed by atoms with van der Waals surface area (Å²) < 4.78 is 0. The van der Waals surface area contributed by atoms with Crippen LogP contribution in [-0.4, -0.2) is 35.0 Å². The Labute approximate surface area is 172 Å². The lowest BCUT2D eigenvalue weighted by Gasteiger charge is -2.13. The first-order valence-electron chi connectivity index (χ1n) is 8.85. The average Bonchev–Trinajstić information content (AvgIpc) is 2.95. The average molecular weight is 415 g/mol. The molecule has 0 spiro atoms. The largest absolute Gasteiger partial charge is 0.354 e. The predicted molar refractivity (Wildman–Crippen MR) is 112 cm³/mol. The maximum absolute atomic E-state index is 12.4. The minimum Gasteiger partial charge on any atom is -0.354 e. The van der Waals surface area contributed by atoms with Crippen molar-refractivity contribution in [3.8, 4) is 0 Å². The van der Waals surface area contributed by atoms with E-state index < -0.39 is 0 Å². The number of nitrogens with one attached hydrogen (secondary N) is 1. The third-order valence-electron chi connectivity index (χ3n) is 4.21. The van der Waals surface area contributed by atoms with Crippen LogP contribution >= 0.6 is 23.4 Å². The van der Waals surface area contributed by atoms with Crippen molar-refractivity contribution in [2.24, 2.45) is 0 Å². The minimum atomic E-state index is -0.329. The second kappa shape index (κ2) is 9.57. The van der Waals surface area contributed by atoms with Gasteiger partial charge in [0.25, 0.3) is 11.1 Å². The van der Waals surface area contributed by atoms with E-state index in [9.17, 15) is 14.4 Å². The van der Waals surface area contributed by atoms with Crippen molar-refractivity contribution in [3.05, 3.63) is 75.7 Å². The summed E-state index contributed by atoms with van der Waals surface area (Å²) in [6.45, 7) is 0.368. The van der Waals surface area contributed by atoms with E-state index in [-0.39, 0.29) is 30.1 Å². The smallest absolute Gasteiger partial charge is 0.293 e. The molecule has 1 aliphatic heterocycles. The summed E-state index contributed by atoms with van der Waals surface area (Å²) in [4.78, 5) is 38.1. The van der Waals surface area contributed by atoms with Crippen molar-refractivity contribution in [2.75, 3.05) is 13.1 Å². The van der Waals surface area contributed by atoms with Crippen molar-refractivity contribution in [1.82, 2.24) is 10.2 Å². The maximum Gasteiger partial charge on any atom is 0.293 e. The maximum atomic E-state index is 12.4. The van der Waals surface area contributed by atoms with Crippen LogP contribution in [0.3, 0.4) is 0 Å². The van der Waals surface area contributed by atoms with Gasteiger partial charge in [-0.05, 0) is 41.5 Å². The van der Waals surface area contributed by atoms with E-state index in [1.165, 1.54) is 0 Å². The van der Waals surface area contributed by atoms with E-state index in [2.05, 4.69) is 5.32 Å². The van der Waals surface area contributed by atoms with Crippen LogP contribution in [0, 0.1) is 0 Å². The molecule has 1 heterocycles. The minimum absolute atomic E-state index is 0.147. The number of benzene rings is 2. The number of hydrogen-bond donors (Lipinski definition) is 1. The Bertz CT molecular complexity index is 915. The number of rotatable bonds is 7. The molecule has 1 fully saturated rings. The Kier molecular flexibility index (Phi) is 6.90. The number of halogens is 1. The highest BCUT2D eigenvalue weighted by atomic mass is 35.5. The third-order valence-corrected chi connectivity index (χ3v) is 5.48. The molecule has 0 radical (unpaired) electrons. The lowest BCUT2D eigenvalue weighted by molar-refractivity contribution is -0.124. The second-order valence-corrected chi connectivity index (χ2v) is 7.59. The lowest BCUT2D eigenvalue weighted by atomic mass is 10.1. The fraction of sp³-hybridized carbons (Fsp3) is 0.190. The summed E-state index contributed by atoms with van der Waals surface area (Å²) in [5.74, 6) is -0.476. The number of amides is 3. The van der Waals surface area contributed by atoms with Crippen LogP contribution in [0.4, 0.5) is 4.79 Å². The molecule has 1 saturated heterocycles. The first-order chi connectivity index (χ1) is 13.5. The highest BCUT2D eigenvalue weighted by molar-refractivity contribution is 8.18. The van der Waals surface area contributed by atoms with E-state index >= 15 is 0 Å². The quantitative estimate of drug-likeness (QED) is 0.692. The molecule has 3 amide bonds. The van der Waals surface area contributed by atoms with Gasteiger partial charge in [0, 0.05) is 24.5 Å². The summed E-state index contributed by atoms with van der Waals surface area (Å²) in [7, 11) is 0. The number of imide groups is 1. The van der Waals surface area contributed by atoms with E-state index in [0.717, 1.165) is 27.8 Å². The number of thioether (sulfide) groups is 1. The van der Waals surface area contributed by atoms with Crippen molar-refractivity contribution in [1.29, 1.82) is 0 Å². The summed E-state index contributed by atoms with van der Waals surface area (Å²) in [5, 5.41) is 3.06. The highest BCUT2D eigenvalue weighted by Gasteiger charge is 2.34. The lowest BCUT2D eigenvalue weighted by Crippen LogP contribution is -2.37. The molecule has 1 N–H and O–H groups in total. The SMILES string of the molecule is O=C(CCc1ccccc1Cl)NCCN1C(=O)S/C(=C\c2ccccc2)C1=O. The fourth-order valence-corrected chi connectivity index (χ4v) is 3.83. The number of aryl methyl sites for hydroxylation is 1. The van der Waals surface area contributed by atoms with Crippen molar-refractivity contribution >= 4 is 46.5 Å². The molecule has 28 heavy (non-hydrogen) atoms.